The van der Waals surface area contributed by atoms with E-state index in [0.29, 0.717) is 22.7 Å². The van der Waals surface area contributed by atoms with Crippen molar-refractivity contribution in [1.29, 1.82) is 0 Å². The molecule has 7 nitrogen and oxygen atoms in total. The van der Waals surface area contributed by atoms with Crippen molar-refractivity contribution in [1.82, 2.24) is 10.3 Å². The van der Waals surface area contributed by atoms with E-state index in [2.05, 4.69) is 15.6 Å². The Bertz CT molecular complexity index is 874. The highest BCUT2D eigenvalue weighted by atomic mass is 35.5. The minimum absolute atomic E-state index is 0.0135. The van der Waals surface area contributed by atoms with Gasteiger partial charge in [-0.05, 0) is 43.2 Å². The van der Waals surface area contributed by atoms with Crippen LogP contribution >= 0.6 is 11.6 Å². The van der Waals surface area contributed by atoms with Gasteiger partial charge in [-0.1, -0.05) is 24.4 Å². The van der Waals surface area contributed by atoms with Gasteiger partial charge in [0.1, 0.15) is 11.4 Å². The van der Waals surface area contributed by atoms with E-state index in [0.717, 1.165) is 19.3 Å². The van der Waals surface area contributed by atoms with Crippen LogP contribution in [0.1, 0.15) is 41.7 Å². The number of phenolic OH excluding ortho intramolecular Hbond substituents is 1. The molecule has 1 aliphatic rings. The summed E-state index contributed by atoms with van der Waals surface area (Å²) >= 11 is 5.89. The molecule has 1 heterocycles. The molecule has 1 aromatic heterocycles. The molecular weight excluding hydrogens is 382 g/mol. The van der Waals surface area contributed by atoms with Gasteiger partial charge in [0.15, 0.2) is 0 Å². The highest BCUT2D eigenvalue weighted by Crippen LogP contribution is 2.22. The lowest BCUT2D eigenvalue weighted by atomic mass is 9.92. The highest BCUT2D eigenvalue weighted by Gasteiger charge is 2.25. The number of phenols is 1. The van der Waals surface area contributed by atoms with Crippen LogP contribution in [0.3, 0.4) is 0 Å². The van der Waals surface area contributed by atoms with Crippen LogP contribution in [0.2, 0.25) is 5.02 Å². The van der Waals surface area contributed by atoms with E-state index in [1.807, 2.05) is 0 Å². The van der Waals surface area contributed by atoms with E-state index >= 15 is 0 Å². The molecule has 8 heteroatoms. The van der Waals surface area contributed by atoms with Gasteiger partial charge in [0.25, 0.3) is 5.91 Å². The molecule has 1 saturated carbocycles. The summed E-state index contributed by atoms with van der Waals surface area (Å²) in [6.07, 6.45) is 4.13. The number of aromatic nitrogens is 1. The largest absolute Gasteiger partial charge is 0.508 e. The maximum atomic E-state index is 12.4. The third-order valence-corrected chi connectivity index (χ3v) is 4.95. The van der Waals surface area contributed by atoms with Crippen LogP contribution < -0.4 is 10.6 Å². The minimum Gasteiger partial charge on any atom is -0.508 e. The van der Waals surface area contributed by atoms with E-state index in [1.54, 1.807) is 6.07 Å². The zero-order valence-corrected chi connectivity index (χ0v) is 15.9. The maximum Gasteiger partial charge on any atom is 0.270 e. The van der Waals surface area contributed by atoms with E-state index in [1.165, 1.54) is 30.5 Å². The summed E-state index contributed by atoms with van der Waals surface area (Å²) < 4.78 is 0. The van der Waals surface area contributed by atoms with Crippen molar-refractivity contribution < 1.29 is 19.8 Å². The van der Waals surface area contributed by atoms with Gasteiger partial charge in [0.2, 0.25) is 5.91 Å². The summed E-state index contributed by atoms with van der Waals surface area (Å²) in [5.74, 6) is -0.771. The fraction of sp³-hybridized carbons (Fsp3) is 0.350. The average Bonchev–Trinajstić information content (AvgIpc) is 2.66. The molecule has 3 rings (SSSR count). The Morgan fingerprint density at radius 1 is 1.18 bits per heavy atom. The molecule has 2 atom stereocenters. The Kier molecular flexibility index (Phi) is 6.49. The number of rotatable bonds is 5. The van der Waals surface area contributed by atoms with Crippen molar-refractivity contribution in [3.63, 3.8) is 0 Å². The molecule has 0 spiro atoms. The van der Waals surface area contributed by atoms with Crippen LogP contribution in [0.4, 0.5) is 5.69 Å². The fourth-order valence-electron chi connectivity index (χ4n) is 3.23. The zero-order valence-electron chi connectivity index (χ0n) is 15.2. The molecule has 0 unspecified atom stereocenters. The second-order valence-electron chi connectivity index (χ2n) is 6.86. The average molecular weight is 404 g/mol. The smallest absolute Gasteiger partial charge is 0.270 e. The molecule has 148 valence electrons. The monoisotopic (exact) mass is 403 g/mol. The summed E-state index contributed by atoms with van der Waals surface area (Å²) in [7, 11) is 0. The standard InChI is InChI=1S/C20H22ClN3O4/c21-13-5-6-17(25)12(9-13)10-19(27)23-14-7-8-22-16(11-14)20(28)24-15-3-1-2-4-18(15)26/h5-9,11,15,18,25-26H,1-4,10H2,(H,24,28)(H,22,23,27)/t15-,18-/m0/s1. The predicted molar refractivity (Wildman–Crippen MR) is 105 cm³/mol. The summed E-state index contributed by atoms with van der Waals surface area (Å²) in [5, 5.41) is 25.7. The lowest BCUT2D eigenvalue weighted by Gasteiger charge is -2.28. The number of pyridine rings is 1. The van der Waals surface area contributed by atoms with Crippen molar-refractivity contribution in [2.75, 3.05) is 5.32 Å². The summed E-state index contributed by atoms with van der Waals surface area (Å²) in [5.41, 5.74) is 0.973. The van der Waals surface area contributed by atoms with Crippen molar-refractivity contribution in [2.24, 2.45) is 0 Å². The summed E-state index contributed by atoms with van der Waals surface area (Å²) in [6.45, 7) is 0. The van der Waals surface area contributed by atoms with Crippen LogP contribution in [-0.2, 0) is 11.2 Å². The van der Waals surface area contributed by atoms with E-state index in [-0.39, 0.29) is 29.8 Å². The number of nitrogens with one attached hydrogen (secondary N) is 2. The third kappa shape index (κ3) is 5.21. The number of carbonyl (C=O) groups is 2. The normalized spacial score (nSPS) is 19.1. The highest BCUT2D eigenvalue weighted by molar-refractivity contribution is 6.30. The number of aliphatic hydroxyl groups is 1. The molecule has 0 saturated heterocycles. The number of nitrogens with zero attached hydrogens (tertiary/aromatic N) is 1. The lowest BCUT2D eigenvalue weighted by Crippen LogP contribution is -2.45. The molecule has 28 heavy (non-hydrogen) atoms. The number of hydrogen-bond acceptors (Lipinski definition) is 5. The van der Waals surface area contributed by atoms with Gasteiger partial charge in [-0.15, -0.1) is 0 Å². The van der Waals surface area contributed by atoms with Gasteiger partial charge in [-0.3, -0.25) is 14.6 Å². The first kappa shape index (κ1) is 20.1. The predicted octanol–water partition coefficient (Wildman–Crippen LogP) is 2.66. The molecular formula is C20H22ClN3O4. The lowest BCUT2D eigenvalue weighted by molar-refractivity contribution is -0.115. The number of hydrogen-bond donors (Lipinski definition) is 4. The molecule has 1 aromatic carbocycles. The molecule has 0 bridgehead atoms. The number of anilines is 1. The zero-order chi connectivity index (χ0) is 20.1. The second kappa shape index (κ2) is 9.03. The SMILES string of the molecule is O=C(Cc1cc(Cl)ccc1O)Nc1ccnc(C(=O)N[C@H]2CCCC[C@@H]2O)c1. The summed E-state index contributed by atoms with van der Waals surface area (Å²) in [6, 6.07) is 7.25. The van der Waals surface area contributed by atoms with Crippen molar-refractivity contribution >= 4 is 29.1 Å². The third-order valence-electron chi connectivity index (χ3n) is 4.71. The molecule has 0 radical (unpaired) electrons. The number of halogens is 1. The first-order valence-corrected chi connectivity index (χ1v) is 9.52. The summed E-state index contributed by atoms with van der Waals surface area (Å²) in [4.78, 5) is 28.7. The maximum absolute atomic E-state index is 12.4. The fourth-order valence-corrected chi connectivity index (χ4v) is 3.42. The molecule has 2 amide bonds. The number of benzene rings is 1. The van der Waals surface area contributed by atoms with Gasteiger partial charge < -0.3 is 20.8 Å². The Hall–Kier alpha value is -2.64. The van der Waals surface area contributed by atoms with Crippen LogP contribution in [0.15, 0.2) is 36.5 Å². The van der Waals surface area contributed by atoms with Crippen LogP contribution in [0.5, 0.6) is 5.75 Å². The van der Waals surface area contributed by atoms with Crippen molar-refractivity contribution in [2.45, 2.75) is 44.2 Å². The van der Waals surface area contributed by atoms with Gasteiger partial charge in [0.05, 0.1) is 18.6 Å². The molecule has 0 aliphatic heterocycles. The van der Waals surface area contributed by atoms with Gasteiger partial charge >= 0.3 is 0 Å². The minimum atomic E-state index is -0.550. The number of aliphatic hydroxyl groups excluding tert-OH is 1. The van der Waals surface area contributed by atoms with Gasteiger partial charge in [0, 0.05) is 22.5 Å². The molecule has 4 N–H and O–H groups in total. The molecule has 1 fully saturated rings. The van der Waals surface area contributed by atoms with E-state index in [4.69, 9.17) is 11.6 Å². The first-order valence-electron chi connectivity index (χ1n) is 9.14. The first-order chi connectivity index (χ1) is 13.4. The van der Waals surface area contributed by atoms with Crippen LogP contribution in [0.25, 0.3) is 0 Å². The van der Waals surface area contributed by atoms with E-state index in [9.17, 15) is 19.8 Å². The number of carbonyl (C=O) groups excluding carboxylic acids is 2. The Balaban J connectivity index is 1.63. The topological polar surface area (TPSA) is 112 Å². The Morgan fingerprint density at radius 2 is 1.96 bits per heavy atom. The molecule has 1 aliphatic carbocycles. The number of amides is 2. The molecule has 2 aromatic rings. The van der Waals surface area contributed by atoms with Crippen LogP contribution in [-0.4, -0.2) is 39.2 Å². The van der Waals surface area contributed by atoms with Gasteiger partial charge in [-0.2, -0.15) is 0 Å². The van der Waals surface area contributed by atoms with Crippen LogP contribution in [0, 0.1) is 0 Å². The quantitative estimate of drug-likeness (QED) is 0.613. The Labute approximate surface area is 167 Å². The second-order valence-corrected chi connectivity index (χ2v) is 7.30. The van der Waals surface area contributed by atoms with E-state index < -0.39 is 12.0 Å². The van der Waals surface area contributed by atoms with Crippen molar-refractivity contribution in [3.05, 3.63) is 52.8 Å². The van der Waals surface area contributed by atoms with Gasteiger partial charge in [-0.25, -0.2) is 0 Å². The van der Waals surface area contributed by atoms with Crippen molar-refractivity contribution in [3.8, 4) is 5.75 Å². The number of aromatic hydroxyl groups is 1. The Morgan fingerprint density at radius 3 is 2.75 bits per heavy atom.